The molecule has 0 heterocycles. The Hall–Kier alpha value is -2.37. The van der Waals surface area contributed by atoms with Gasteiger partial charge in [-0.1, -0.05) is 0 Å². The number of carboxylic acid groups (broad SMARTS) is 1. The van der Waals surface area contributed by atoms with Crippen molar-refractivity contribution in [3.63, 3.8) is 0 Å². The van der Waals surface area contributed by atoms with E-state index in [4.69, 9.17) is 0 Å². The van der Waals surface area contributed by atoms with Gasteiger partial charge in [0, 0.05) is 18.3 Å². The number of nitrogens with one attached hydrogen (secondary N) is 2. The first-order valence-electron chi connectivity index (χ1n) is 8.37. The van der Waals surface area contributed by atoms with Gasteiger partial charge in [-0.3, -0.25) is 14.4 Å². The fourth-order valence-electron chi connectivity index (χ4n) is 4.25. The lowest BCUT2D eigenvalue weighted by Crippen LogP contribution is -2.49. The van der Waals surface area contributed by atoms with Crippen LogP contribution in [0.5, 0.6) is 0 Å². The molecule has 2 bridgehead atoms. The molecule has 1 aromatic rings. The topological polar surface area (TPSA) is 95.5 Å². The van der Waals surface area contributed by atoms with Gasteiger partial charge >= 0.3 is 5.97 Å². The van der Waals surface area contributed by atoms with E-state index >= 15 is 0 Å². The highest BCUT2D eigenvalue weighted by molar-refractivity contribution is 5.96. The molecule has 0 aromatic heterocycles. The minimum Gasteiger partial charge on any atom is -0.481 e. The Labute approximate surface area is 140 Å². The van der Waals surface area contributed by atoms with E-state index in [0.717, 1.165) is 25.7 Å². The number of benzene rings is 1. The van der Waals surface area contributed by atoms with Crippen molar-refractivity contribution in [3.8, 4) is 0 Å². The average molecular weight is 330 g/mol. The summed E-state index contributed by atoms with van der Waals surface area (Å²) in [5.41, 5.74) is 1.26. The molecule has 2 amide bonds. The number of carbonyl (C=O) groups is 3. The number of anilines is 2. The van der Waals surface area contributed by atoms with Crippen LogP contribution in [0.3, 0.4) is 0 Å². The summed E-state index contributed by atoms with van der Waals surface area (Å²) in [6, 6.07) is 6.83. The summed E-state index contributed by atoms with van der Waals surface area (Å²) in [5.74, 6) is -1.97. The molecule has 6 heteroatoms. The zero-order valence-corrected chi connectivity index (χ0v) is 13.6. The molecule has 1 aromatic carbocycles. The van der Waals surface area contributed by atoms with Gasteiger partial charge in [-0.25, -0.2) is 0 Å². The second-order valence-electron chi connectivity index (χ2n) is 6.81. The zero-order chi connectivity index (χ0) is 17.3. The minimum absolute atomic E-state index is 0.116. The molecule has 128 valence electrons. The molecule has 4 rings (SSSR count). The van der Waals surface area contributed by atoms with Crippen LogP contribution in [-0.4, -0.2) is 22.9 Å². The lowest BCUT2D eigenvalue weighted by molar-refractivity contribution is -0.156. The number of amides is 2. The standard InChI is InChI=1S/C18H22N2O4/c1-10(21)19-13-6-8-14(9-7-13)20-17(22)15-11-2-4-12(5-3-11)16(15)18(23)24/h6-9,11-12,15-16H,2-5H2,1H3,(H,19,21)(H,20,22)(H,23,24)/t11?,12?,15-,16+/m1/s1. The monoisotopic (exact) mass is 330 g/mol. The number of fused-ring (bicyclic) bond motifs is 3. The van der Waals surface area contributed by atoms with Gasteiger partial charge in [-0.15, -0.1) is 0 Å². The smallest absolute Gasteiger partial charge is 0.307 e. The normalized spacial score (nSPS) is 28.2. The van der Waals surface area contributed by atoms with Gasteiger partial charge in [0.15, 0.2) is 0 Å². The quantitative estimate of drug-likeness (QED) is 0.791. The largest absolute Gasteiger partial charge is 0.481 e. The SMILES string of the molecule is CC(=O)Nc1ccc(NC(=O)[C@@H]2C3CCC(CC3)[C@@H]2C(=O)O)cc1. The van der Waals surface area contributed by atoms with Crippen LogP contribution in [0.25, 0.3) is 0 Å². The minimum atomic E-state index is -0.856. The van der Waals surface area contributed by atoms with Crippen molar-refractivity contribution in [2.75, 3.05) is 10.6 Å². The third-order valence-corrected chi connectivity index (χ3v) is 5.28. The fraction of sp³-hybridized carbons (Fsp3) is 0.500. The fourth-order valence-corrected chi connectivity index (χ4v) is 4.25. The highest BCUT2D eigenvalue weighted by Crippen LogP contribution is 2.49. The lowest BCUT2D eigenvalue weighted by atomic mass is 9.58. The molecule has 3 fully saturated rings. The first kappa shape index (κ1) is 16.5. The van der Waals surface area contributed by atoms with Crippen LogP contribution in [0.4, 0.5) is 11.4 Å². The van der Waals surface area contributed by atoms with E-state index in [1.165, 1.54) is 6.92 Å². The third-order valence-electron chi connectivity index (χ3n) is 5.28. The highest BCUT2D eigenvalue weighted by Gasteiger charge is 2.50. The Morgan fingerprint density at radius 1 is 0.875 bits per heavy atom. The summed E-state index contributed by atoms with van der Waals surface area (Å²) in [5, 5.41) is 15.1. The Balaban J connectivity index is 1.71. The van der Waals surface area contributed by atoms with Gasteiger partial charge in [0.25, 0.3) is 0 Å². The second-order valence-corrected chi connectivity index (χ2v) is 6.81. The predicted octanol–water partition coefficient (Wildman–Crippen LogP) is 2.72. The number of carbonyl (C=O) groups excluding carboxylic acids is 2. The molecule has 3 aliphatic carbocycles. The van der Waals surface area contributed by atoms with E-state index in [9.17, 15) is 19.5 Å². The maximum atomic E-state index is 12.7. The van der Waals surface area contributed by atoms with Crippen molar-refractivity contribution >= 4 is 29.2 Å². The first-order valence-corrected chi connectivity index (χ1v) is 8.37. The molecule has 2 atom stereocenters. The molecule has 0 saturated heterocycles. The van der Waals surface area contributed by atoms with Gasteiger partial charge in [-0.05, 0) is 61.8 Å². The number of hydrogen-bond donors (Lipinski definition) is 3. The van der Waals surface area contributed by atoms with Crippen LogP contribution < -0.4 is 10.6 Å². The molecule has 24 heavy (non-hydrogen) atoms. The number of hydrogen-bond acceptors (Lipinski definition) is 3. The molecular weight excluding hydrogens is 308 g/mol. The van der Waals surface area contributed by atoms with Crippen LogP contribution in [-0.2, 0) is 14.4 Å². The van der Waals surface area contributed by atoms with Gasteiger partial charge in [0.1, 0.15) is 0 Å². The summed E-state index contributed by atoms with van der Waals surface area (Å²) >= 11 is 0. The van der Waals surface area contributed by atoms with E-state index < -0.39 is 17.8 Å². The van der Waals surface area contributed by atoms with Gasteiger partial charge in [-0.2, -0.15) is 0 Å². The van der Waals surface area contributed by atoms with Crippen molar-refractivity contribution in [2.24, 2.45) is 23.7 Å². The molecule has 3 N–H and O–H groups in total. The molecule has 6 nitrogen and oxygen atoms in total. The Bertz CT molecular complexity index is 647. The third kappa shape index (κ3) is 3.27. The van der Waals surface area contributed by atoms with E-state index in [1.54, 1.807) is 24.3 Å². The van der Waals surface area contributed by atoms with Crippen molar-refractivity contribution in [2.45, 2.75) is 32.6 Å². The van der Waals surface area contributed by atoms with Gasteiger partial charge < -0.3 is 15.7 Å². The molecule has 3 saturated carbocycles. The van der Waals surface area contributed by atoms with E-state index in [1.807, 2.05) is 0 Å². The lowest BCUT2D eigenvalue weighted by Gasteiger charge is -2.45. The molecule has 0 radical (unpaired) electrons. The maximum Gasteiger partial charge on any atom is 0.307 e. The summed E-state index contributed by atoms with van der Waals surface area (Å²) in [6.07, 6.45) is 3.70. The van der Waals surface area contributed by atoms with Crippen LogP contribution in [0.1, 0.15) is 32.6 Å². The zero-order valence-electron chi connectivity index (χ0n) is 13.6. The molecule has 0 unspecified atom stereocenters. The van der Waals surface area contributed by atoms with Crippen LogP contribution in [0, 0.1) is 23.7 Å². The second kappa shape index (κ2) is 6.63. The molecular formula is C18H22N2O4. The van der Waals surface area contributed by atoms with Gasteiger partial charge in [0.2, 0.25) is 11.8 Å². The van der Waals surface area contributed by atoms with E-state index in [-0.39, 0.29) is 23.7 Å². The molecule has 0 aliphatic heterocycles. The predicted molar refractivity (Wildman–Crippen MR) is 89.4 cm³/mol. The number of carboxylic acids is 1. The average Bonchev–Trinajstić information content (AvgIpc) is 2.56. The summed E-state index contributed by atoms with van der Waals surface area (Å²) in [7, 11) is 0. The first-order chi connectivity index (χ1) is 11.5. The van der Waals surface area contributed by atoms with Crippen molar-refractivity contribution in [3.05, 3.63) is 24.3 Å². The Morgan fingerprint density at radius 3 is 1.79 bits per heavy atom. The van der Waals surface area contributed by atoms with E-state index in [2.05, 4.69) is 10.6 Å². The molecule has 3 aliphatic rings. The molecule has 0 spiro atoms. The van der Waals surface area contributed by atoms with Crippen molar-refractivity contribution in [1.82, 2.24) is 0 Å². The van der Waals surface area contributed by atoms with Crippen LogP contribution in [0.2, 0.25) is 0 Å². The number of aliphatic carboxylic acids is 1. The highest BCUT2D eigenvalue weighted by atomic mass is 16.4. The van der Waals surface area contributed by atoms with Crippen molar-refractivity contribution < 1.29 is 19.5 Å². The van der Waals surface area contributed by atoms with Crippen LogP contribution in [0.15, 0.2) is 24.3 Å². The Kier molecular flexibility index (Phi) is 4.55. The summed E-state index contributed by atoms with van der Waals surface area (Å²) in [4.78, 5) is 35.3. The summed E-state index contributed by atoms with van der Waals surface area (Å²) < 4.78 is 0. The number of rotatable bonds is 4. The van der Waals surface area contributed by atoms with Crippen LogP contribution >= 0.6 is 0 Å². The van der Waals surface area contributed by atoms with Gasteiger partial charge in [0.05, 0.1) is 11.8 Å². The Morgan fingerprint density at radius 2 is 1.33 bits per heavy atom. The van der Waals surface area contributed by atoms with E-state index in [0.29, 0.717) is 11.4 Å². The van der Waals surface area contributed by atoms with Crippen molar-refractivity contribution in [1.29, 1.82) is 0 Å². The maximum absolute atomic E-state index is 12.7. The summed E-state index contributed by atoms with van der Waals surface area (Å²) in [6.45, 7) is 1.43.